The average Bonchev–Trinajstić information content (AvgIpc) is 2.96. The molecule has 7 heteroatoms. The van der Waals surface area contributed by atoms with E-state index >= 15 is 0 Å². The number of anilines is 1. The summed E-state index contributed by atoms with van der Waals surface area (Å²) >= 11 is 0. The van der Waals surface area contributed by atoms with Crippen LogP contribution in [0.25, 0.3) is 0 Å². The first kappa shape index (κ1) is 18.1. The Morgan fingerprint density at radius 1 is 1.33 bits per heavy atom. The third kappa shape index (κ3) is 3.97. The van der Waals surface area contributed by atoms with Gasteiger partial charge in [0.1, 0.15) is 11.5 Å². The number of rotatable bonds is 7. The minimum absolute atomic E-state index is 0.0991. The maximum Gasteiger partial charge on any atom is 0.227 e. The molecule has 0 bridgehead atoms. The van der Waals surface area contributed by atoms with Crippen LogP contribution in [0.3, 0.4) is 0 Å². The molecule has 2 rings (SSSR count). The molecule has 1 aliphatic rings. The van der Waals surface area contributed by atoms with Crippen molar-refractivity contribution in [2.45, 2.75) is 19.4 Å². The smallest absolute Gasteiger partial charge is 0.227 e. The van der Waals surface area contributed by atoms with Crippen LogP contribution >= 0.6 is 0 Å². The molecule has 132 valence electrons. The van der Waals surface area contributed by atoms with Crippen molar-refractivity contribution in [2.75, 3.05) is 39.4 Å². The predicted molar refractivity (Wildman–Crippen MR) is 89.5 cm³/mol. The molecule has 1 saturated heterocycles. The third-order valence-electron chi connectivity index (χ3n) is 3.98. The molecule has 0 spiro atoms. The molecule has 0 aliphatic carbocycles. The Morgan fingerprint density at radius 2 is 2.08 bits per heavy atom. The SMILES string of the molecule is COC[C@H](C)NC(=O)[C@H]1CC(=O)N(c2cc(OC)ccc2OC)C1. The van der Waals surface area contributed by atoms with E-state index in [1.165, 1.54) is 0 Å². The van der Waals surface area contributed by atoms with Gasteiger partial charge in [-0.2, -0.15) is 0 Å². The van der Waals surface area contributed by atoms with Crippen LogP contribution in [0.4, 0.5) is 5.69 Å². The summed E-state index contributed by atoms with van der Waals surface area (Å²) in [6.45, 7) is 2.61. The Labute approximate surface area is 141 Å². The van der Waals surface area contributed by atoms with Gasteiger partial charge in [-0.3, -0.25) is 9.59 Å². The molecule has 0 radical (unpaired) electrons. The largest absolute Gasteiger partial charge is 0.497 e. The summed E-state index contributed by atoms with van der Waals surface area (Å²) in [5.74, 6) is 0.546. The number of benzene rings is 1. The first-order valence-electron chi connectivity index (χ1n) is 7.81. The summed E-state index contributed by atoms with van der Waals surface area (Å²) in [7, 11) is 4.69. The summed E-state index contributed by atoms with van der Waals surface area (Å²) in [5, 5.41) is 2.87. The van der Waals surface area contributed by atoms with Crippen molar-refractivity contribution in [2.24, 2.45) is 5.92 Å². The van der Waals surface area contributed by atoms with Gasteiger partial charge in [-0.1, -0.05) is 0 Å². The molecule has 2 amide bonds. The zero-order chi connectivity index (χ0) is 17.7. The highest BCUT2D eigenvalue weighted by atomic mass is 16.5. The molecule has 1 N–H and O–H groups in total. The van der Waals surface area contributed by atoms with Crippen molar-refractivity contribution in [3.05, 3.63) is 18.2 Å². The Kier molecular flexibility index (Phi) is 6.03. The van der Waals surface area contributed by atoms with E-state index in [1.54, 1.807) is 44.4 Å². The number of amides is 2. The fourth-order valence-corrected chi connectivity index (χ4v) is 2.78. The van der Waals surface area contributed by atoms with E-state index in [2.05, 4.69) is 5.32 Å². The van der Waals surface area contributed by atoms with Crippen LogP contribution in [0.5, 0.6) is 11.5 Å². The lowest BCUT2D eigenvalue weighted by atomic mass is 10.1. The van der Waals surface area contributed by atoms with Gasteiger partial charge < -0.3 is 24.4 Å². The molecule has 1 aliphatic heterocycles. The van der Waals surface area contributed by atoms with Crippen LogP contribution in [0.2, 0.25) is 0 Å². The Bertz CT molecular complexity index is 605. The summed E-state index contributed by atoms with van der Waals surface area (Å²) in [5.41, 5.74) is 0.613. The number of nitrogens with one attached hydrogen (secondary N) is 1. The number of methoxy groups -OCH3 is 3. The van der Waals surface area contributed by atoms with Crippen molar-refractivity contribution in [1.29, 1.82) is 0 Å². The molecule has 0 aromatic heterocycles. The number of hydrogen-bond acceptors (Lipinski definition) is 5. The normalized spacial score (nSPS) is 18.4. The van der Waals surface area contributed by atoms with Crippen LogP contribution in [0.1, 0.15) is 13.3 Å². The highest BCUT2D eigenvalue weighted by Gasteiger charge is 2.36. The maximum absolute atomic E-state index is 12.4. The van der Waals surface area contributed by atoms with Crippen LogP contribution in [0, 0.1) is 5.92 Å². The van der Waals surface area contributed by atoms with E-state index in [0.717, 1.165) is 0 Å². The lowest BCUT2D eigenvalue weighted by Crippen LogP contribution is -2.40. The molecule has 1 heterocycles. The van der Waals surface area contributed by atoms with E-state index in [0.29, 0.717) is 30.3 Å². The van der Waals surface area contributed by atoms with Gasteiger partial charge in [0, 0.05) is 32.2 Å². The zero-order valence-electron chi connectivity index (χ0n) is 14.5. The molecule has 1 aromatic rings. The summed E-state index contributed by atoms with van der Waals surface area (Å²) in [6, 6.07) is 5.15. The second-order valence-corrected chi connectivity index (χ2v) is 5.81. The molecule has 0 saturated carbocycles. The van der Waals surface area contributed by atoms with E-state index in [1.807, 2.05) is 6.92 Å². The average molecular weight is 336 g/mol. The Hall–Kier alpha value is -2.28. The van der Waals surface area contributed by atoms with Gasteiger partial charge in [-0.25, -0.2) is 0 Å². The van der Waals surface area contributed by atoms with Crippen molar-refractivity contribution in [1.82, 2.24) is 5.32 Å². The topological polar surface area (TPSA) is 77.1 Å². The van der Waals surface area contributed by atoms with Crippen molar-refractivity contribution in [3.8, 4) is 11.5 Å². The van der Waals surface area contributed by atoms with Gasteiger partial charge in [0.05, 0.1) is 32.4 Å². The monoisotopic (exact) mass is 336 g/mol. The predicted octanol–water partition coefficient (Wildman–Crippen LogP) is 1.21. The number of nitrogens with zero attached hydrogens (tertiary/aromatic N) is 1. The van der Waals surface area contributed by atoms with E-state index in [-0.39, 0.29) is 24.3 Å². The van der Waals surface area contributed by atoms with Gasteiger partial charge in [0.25, 0.3) is 0 Å². The van der Waals surface area contributed by atoms with E-state index in [4.69, 9.17) is 14.2 Å². The molecule has 1 aromatic carbocycles. The van der Waals surface area contributed by atoms with Crippen LogP contribution in [0.15, 0.2) is 18.2 Å². The van der Waals surface area contributed by atoms with Crippen molar-refractivity contribution in [3.63, 3.8) is 0 Å². The summed E-state index contributed by atoms with van der Waals surface area (Å²) in [6.07, 6.45) is 0.173. The zero-order valence-corrected chi connectivity index (χ0v) is 14.5. The maximum atomic E-state index is 12.4. The first-order valence-corrected chi connectivity index (χ1v) is 7.81. The number of hydrogen-bond donors (Lipinski definition) is 1. The van der Waals surface area contributed by atoms with Crippen LogP contribution in [-0.4, -0.2) is 52.3 Å². The standard InChI is InChI=1S/C17H24N2O5/c1-11(10-22-2)18-17(21)12-7-16(20)19(9-12)14-8-13(23-3)5-6-15(14)24-4/h5-6,8,11-12H,7,9-10H2,1-4H3,(H,18,21)/t11-,12-/m0/s1. The second kappa shape index (κ2) is 8.01. The van der Waals surface area contributed by atoms with Crippen LogP contribution < -0.4 is 19.7 Å². The fraction of sp³-hybridized carbons (Fsp3) is 0.529. The number of carbonyl (C=O) groups excluding carboxylic acids is 2. The molecular weight excluding hydrogens is 312 g/mol. The fourth-order valence-electron chi connectivity index (χ4n) is 2.78. The Balaban J connectivity index is 2.14. The highest BCUT2D eigenvalue weighted by molar-refractivity contribution is 6.01. The lowest BCUT2D eigenvalue weighted by molar-refractivity contribution is -0.127. The van der Waals surface area contributed by atoms with E-state index < -0.39 is 5.92 Å². The molecule has 0 unspecified atom stereocenters. The first-order chi connectivity index (χ1) is 11.5. The van der Waals surface area contributed by atoms with Gasteiger partial charge in [0.2, 0.25) is 11.8 Å². The number of carbonyl (C=O) groups is 2. The van der Waals surface area contributed by atoms with Gasteiger partial charge in [-0.15, -0.1) is 0 Å². The van der Waals surface area contributed by atoms with Crippen molar-refractivity contribution >= 4 is 17.5 Å². The quantitative estimate of drug-likeness (QED) is 0.810. The van der Waals surface area contributed by atoms with Crippen molar-refractivity contribution < 1.29 is 23.8 Å². The Morgan fingerprint density at radius 3 is 2.71 bits per heavy atom. The summed E-state index contributed by atoms with van der Waals surface area (Å²) < 4.78 is 15.6. The molecular formula is C17H24N2O5. The third-order valence-corrected chi connectivity index (χ3v) is 3.98. The van der Waals surface area contributed by atoms with Gasteiger partial charge >= 0.3 is 0 Å². The number of ether oxygens (including phenoxy) is 3. The lowest BCUT2D eigenvalue weighted by Gasteiger charge is -2.21. The van der Waals surface area contributed by atoms with Gasteiger partial charge in [0.15, 0.2) is 0 Å². The highest BCUT2D eigenvalue weighted by Crippen LogP contribution is 2.36. The van der Waals surface area contributed by atoms with Gasteiger partial charge in [-0.05, 0) is 19.1 Å². The minimum Gasteiger partial charge on any atom is -0.497 e. The second-order valence-electron chi connectivity index (χ2n) is 5.81. The molecule has 1 fully saturated rings. The molecule has 7 nitrogen and oxygen atoms in total. The summed E-state index contributed by atoms with van der Waals surface area (Å²) in [4.78, 5) is 26.3. The molecule has 2 atom stereocenters. The minimum atomic E-state index is -0.396. The van der Waals surface area contributed by atoms with E-state index in [9.17, 15) is 9.59 Å². The molecule has 24 heavy (non-hydrogen) atoms. The van der Waals surface area contributed by atoms with Crippen LogP contribution in [-0.2, 0) is 14.3 Å².